The summed E-state index contributed by atoms with van der Waals surface area (Å²) in [4.78, 5) is 1.98. The third kappa shape index (κ3) is 9.34. The van der Waals surface area contributed by atoms with Crippen LogP contribution in [0.5, 0.6) is 5.75 Å². The van der Waals surface area contributed by atoms with E-state index in [-0.39, 0.29) is 54.2 Å². The number of epoxide rings is 1. The summed E-state index contributed by atoms with van der Waals surface area (Å²) >= 11 is 0. The molecule has 8 heteroatoms. The van der Waals surface area contributed by atoms with Crippen LogP contribution in [-0.2, 0) is 24.4 Å². The number of allylic oxidation sites excluding steroid dienone is 7. The fourth-order valence-corrected chi connectivity index (χ4v) is 6.47. The zero-order valence-electron chi connectivity index (χ0n) is 28.7. The number of hydrogen-bond donors (Lipinski definition) is 3. The van der Waals surface area contributed by atoms with Crippen molar-refractivity contribution in [3.63, 3.8) is 0 Å². The van der Waals surface area contributed by atoms with Gasteiger partial charge in [-0.1, -0.05) is 82.4 Å². The predicted molar refractivity (Wildman–Crippen MR) is 183 cm³/mol. The fourth-order valence-electron chi connectivity index (χ4n) is 6.47. The number of aliphatic hydroxyl groups is 2. The van der Waals surface area contributed by atoms with E-state index >= 15 is 0 Å². The van der Waals surface area contributed by atoms with Gasteiger partial charge in [0.2, 0.25) is 6.29 Å². The van der Waals surface area contributed by atoms with Crippen molar-refractivity contribution in [3.8, 4) is 5.75 Å². The molecule has 1 aromatic carbocycles. The van der Waals surface area contributed by atoms with Crippen molar-refractivity contribution in [3.05, 3.63) is 101 Å². The Morgan fingerprint density at radius 3 is 1.85 bits per heavy atom. The van der Waals surface area contributed by atoms with Gasteiger partial charge >= 0.3 is 0 Å². The Morgan fingerprint density at radius 1 is 0.809 bits per heavy atom. The van der Waals surface area contributed by atoms with Gasteiger partial charge in [-0.3, -0.25) is 4.90 Å². The van der Waals surface area contributed by atoms with Gasteiger partial charge < -0.3 is 34.3 Å². The Kier molecular flexibility index (Phi) is 11.3. The first-order chi connectivity index (χ1) is 22.3. The normalized spacial score (nSPS) is 25.8. The molecule has 0 aromatic heterocycles. The first kappa shape index (κ1) is 35.3. The minimum absolute atomic E-state index is 0.0624. The maximum atomic E-state index is 10.9. The molecule has 47 heavy (non-hydrogen) atoms. The molecular formula is C39H53NO7. The second-order valence-electron chi connectivity index (χ2n) is 14.4. The molecule has 1 heterocycles. The van der Waals surface area contributed by atoms with E-state index in [1.807, 2.05) is 43.0 Å². The van der Waals surface area contributed by atoms with Crippen molar-refractivity contribution >= 4 is 0 Å². The first-order valence-corrected chi connectivity index (χ1v) is 17.0. The highest BCUT2D eigenvalue weighted by Gasteiger charge is 2.34. The number of ether oxygens (including phenoxy) is 4. The number of nitrogens with zero attached hydrogens (tertiary/aromatic N) is 1. The average molecular weight is 648 g/mol. The van der Waals surface area contributed by atoms with Gasteiger partial charge in [-0.05, 0) is 85.4 Å². The molecule has 0 radical (unpaired) electrons. The van der Waals surface area contributed by atoms with Gasteiger partial charge in [-0.25, -0.2) is 0 Å². The third-order valence-corrected chi connectivity index (χ3v) is 9.91. The van der Waals surface area contributed by atoms with Crippen LogP contribution >= 0.6 is 0 Å². The summed E-state index contributed by atoms with van der Waals surface area (Å²) in [6.45, 7) is 14.1. The molecular weight excluding hydrogens is 594 g/mol. The SMILES string of the molecule is CC(C)N(CC(O)OC1C=CC(C(C)(C)c2ccc(O)cc2)=CC1)CC(O)OC1C=CC(C(C)(C)C2C=CC(OC3CO3)=CC2)=CC1. The molecule has 0 amide bonds. The van der Waals surface area contributed by atoms with Crippen molar-refractivity contribution in [1.82, 2.24) is 4.90 Å². The predicted octanol–water partition coefficient (Wildman–Crippen LogP) is 6.42. The van der Waals surface area contributed by atoms with Gasteiger partial charge in [0.25, 0.3) is 0 Å². The van der Waals surface area contributed by atoms with E-state index in [1.54, 1.807) is 12.1 Å². The summed E-state index contributed by atoms with van der Waals surface area (Å²) in [6, 6.07) is 7.38. The molecule has 6 unspecified atom stereocenters. The van der Waals surface area contributed by atoms with E-state index in [1.165, 1.54) is 5.57 Å². The van der Waals surface area contributed by atoms with E-state index in [0.717, 1.165) is 23.3 Å². The zero-order valence-corrected chi connectivity index (χ0v) is 28.7. The molecule has 0 bridgehead atoms. The Bertz CT molecular complexity index is 1400. The second-order valence-corrected chi connectivity index (χ2v) is 14.4. The molecule has 1 fully saturated rings. The van der Waals surface area contributed by atoms with Crippen molar-refractivity contribution < 1.29 is 34.3 Å². The summed E-state index contributed by atoms with van der Waals surface area (Å²) < 4.78 is 22.9. The number of aromatic hydroxyl groups is 1. The number of hydrogen-bond acceptors (Lipinski definition) is 8. The molecule has 1 saturated heterocycles. The lowest BCUT2D eigenvalue weighted by molar-refractivity contribution is -0.162. The maximum Gasteiger partial charge on any atom is 0.223 e. The van der Waals surface area contributed by atoms with E-state index < -0.39 is 12.6 Å². The van der Waals surface area contributed by atoms with Gasteiger partial charge in [-0.2, -0.15) is 0 Å². The van der Waals surface area contributed by atoms with Crippen molar-refractivity contribution in [1.29, 1.82) is 0 Å². The lowest BCUT2D eigenvalue weighted by Crippen LogP contribution is -2.45. The molecule has 0 spiro atoms. The highest BCUT2D eigenvalue weighted by Crippen LogP contribution is 2.42. The average Bonchev–Trinajstić information content (AvgIpc) is 3.86. The Balaban J connectivity index is 1.06. The largest absolute Gasteiger partial charge is 0.508 e. The molecule has 8 nitrogen and oxygen atoms in total. The zero-order chi connectivity index (χ0) is 33.8. The van der Waals surface area contributed by atoms with Crippen LogP contribution in [0.2, 0.25) is 0 Å². The molecule has 1 aliphatic heterocycles. The number of aliphatic hydroxyl groups excluding tert-OH is 2. The molecule has 0 saturated carbocycles. The molecule has 4 aliphatic rings. The molecule has 5 rings (SSSR count). The molecule has 3 N–H and O–H groups in total. The van der Waals surface area contributed by atoms with Gasteiger partial charge in [-0.15, -0.1) is 0 Å². The topological polar surface area (TPSA) is 104 Å². The third-order valence-electron chi connectivity index (χ3n) is 9.91. The summed E-state index contributed by atoms with van der Waals surface area (Å²) in [5, 5.41) is 31.4. The maximum absolute atomic E-state index is 10.9. The molecule has 6 atom stereocenters. The Labute approximate surface area is 280 Å². The highest BCUT2D eigenvalue weighted by molar-refractivity contribution is 5.43. The van der Waals surface area contributed by atoms with E-state index in [4.69, 9.17) is 18.9 Å². The monoisotopic (exact) mass is 647 g/mol. The Hall–Kier alpha value is -2.98. The van der Waals surface area contributed by atoms with Crippen molar-refractivity contribution in [2.75, 3.05) is 19.7 Å². The van der Waals surface area contributed by atoms with Crippen molar-refractivity contribution in [2.45, 2.75) is 103 Å². The van der Waals surface area contributed by atoms with Crippen LogP contribution in [0.4, 0.5) is 0 Å². The van der Waals surface area contributed by atoms with Crippen LogP contribution < -0.4 is 0 Å². The van der Waals surface area contributed by atoms with Gasteiger partial charge in [0.15, 0.2) is 12.6 Å². The van der Waals surface area contributed by atoms with Crippen LogP contribution in [0.1, 0.15) is 66.4 Å². The van der Waals surface area contributed by atoms with Gasteiger partial charge in [0.1, 0.15) is 18.1 Å². The standard InChI is InChI=1S/C39H53NO7/c1-26(2)40(23-35(42)45-32-17-9-28(10-18-32)38(3,4)27-7-15-31(41)16-8-27)24-36(43)46-33-19-11-29(12-20-33)39(5,6)30-13-21-34(22-14-30)47-37-25-44-37/h7-13,15-17,19,21-22,26,30,32-33,35-37,41-43H,14,18,20,23-25H2,1-6H3. The molecule has 256 valence electrons. The quantitative estimate of drug-likeness (QED) is 0.148. The lowest BCUT2D eigenvalue weighted by atomic mass is 9.69. The van der Waals surface area contributed by atoms with Crippen molar-refractivity contribution in [2.24, 2.45) is 11.3 Å². The van der Waals surface area contributed by atoms with E-state index in [0.29, 0.717) is 25.4 Å². The molecule has 3 aliphatic carbocycles. The number of phenolic OH excluding ortho intramolecular Hbond substituents is 1. The number of rotatable bonds is 15. The van der Waals surface area contributed by atoms with E-state index in [2.05, 4.69) is 70.2 Å². The first-order valence-electron chi connectivity index (χ1n) is 17.0. The number of benzene rings is 1. The second kappa shape index (κ2) is 15.1. The summed E-state index contributed by atoms with van der Waals surface area (Å²) in [6.07, 6.45) is 18.7. The lowest BCUT2D eigenvalue weighted by Gasteiger charge is -2.37. The van der Waals surface area contributed by atoms with Gasteiger partial charge in [0.05, 0.1) is 12.2 Å². The van der Waals surface area contributed by atoms with Gasteiger partial charge in [0, 0.05) is 24.5 Å². The number of phenols is 1. The van der Waals surface area contributed by atoms with Crippen LogP contribution in [0.25, 0.3) is 0 Å². The summed E-state index contributed by atoms with van der Waals surface area (Å²) in [5.74, 6) is 1.48. The van der Waals surface area contributed by atoms with Crippen LogP contribution in [0.3, 0.4) is 0 Å². The van der Waals surface area contributed by atoms with Crippen LogP contribution in [0, 0.1) is 11.3 Å². The van der Waals surface area contributed by atoms with Crippen LogP contribution in [-0.4, -0.2) is 77.0 Å². The van der Waals surface area contributed by atoms with E-state index in [9.17, 15) is 15.3 Å². The summed E-state index contributed by atoms with van der Waals surface area (Å²) in [5.41, 5.74) is 3.25. The minimum atomic E-state index is -1.02. The minimum Gasteiger partial charge on any atom is -0.508 e. The van der Waals surface area contributed by atoms with Crippen LogP contribution in [0.15, 0.2) is 95.9 Å². The Morgan fingerprint density at radius 2 is 1.38 bits per heavy atom. The smallest absolute Gasteiger partial charge is 0.223 e. The highest BCUT2D eigenvalue weighted by atomic mass is 16.8. The fraction of sp³-hybridized carbons (Fsp3) is 0.538. The summed E-state index contributed by atoms with van der Waals surface area (Å²) in [7, 11) is 0. The molecule has 1 aromatic rings.